The third-order valence-electron chi connectivity index (χ3n) is 3.15. The molecule has 0 fully saturated rings. The molecular formula is C16H22ClN3O3. The molecule has 1 heterocycles. The molecule has 0 atom stereocenters. The van der Waals surface area contributed by atoms with Crippen molar-refractivity contribution in [2.75, 3.05) is 32.1 Å². The first-order chi connectivity index (χ1) is 10.6. The molecule has 0 aliphatic rings. The largest absolute Gasteiger partial charge is 0.444 e. The van der Waals surface area contributed by atoms with Crippen LogP contribution in [0.15, 0.2) is 28.9 Å². The minimum absolute atomic E-state index is 0. The number of anilines is 1. The number of aryl methyl sites for hydroxylation is 2. The number of oxazole rings is 1. The maximum absolute atomic E-state index is 11.9. The molecule has 0 saturated carbocycles. The molecule has 2 N–H and O–H groups in total. The molecule has 1 aromatic carbocycles. The van der Waals surface area contributed by atoms with Gasteiger partial charge in [0.2, 0.25) is 11.8 Å². The summed E-state index contributed by atoms with van der Waals surface area (Å²) < 4.78 is 10.3. The van der Waals surface area contributed by atoms with E-state index in [1.165, 1.54) is 0 Å². The Morgan fingerprint density at radius 3 is 2.78 bits per heavy atom. The molecule has 1 amide bonds. The molecule has 0 aliphatic heterocycles. The minimum Gasteiger partial charge on any atom is -0.444 e. The van der Waals surface area contributed by atoms with Crippen LogP contribution in [0.1, 0.15) is 11.3 Å². The van der Waals surface area contributed by atoms with Crippen molar-refractivity contribution in [2.45, 2.75) is 13.8 Å². The van der Waals surface area contributed by atoms with E-state index in [2.05, 4.69) is 15.6 Å². The summed E-state index contributed by atoms with van der Waals surface area (Å²) in [6, 6.07) is 5.73. The van der Waals surface area contributed by atoms with Crippen LogP contribution in [0.25, 0.3) is 11.5 Å². The van der Waals surface area contributed by atoms with E-state index in [9.17, 15) is 4.79 Å². The second-order valence-electron chi connectivity index (χ2n) is 5.04. The Kier molecular flexibility index (Phi) is 7.74. The van der Waals surface area contributed by atoms with Crippen molar-refractivity contribution in [1.29, 1.82) is 0 Å². The van der Waals surface area contributed by atoms with Gasteiger partial charge in [-0.2, -0.15) is 0 Å². The highest BCUT2D eigenvalue weighted by Crippen LogP contribution is 2.24. The third kappa shape index (κ3) is 5.67. The summed E-state index contributed by atoms with van der Waals surface area (Å²) in [4.78, 5) is 16.2. The van der Waals surface area contributed by atoms with Crippen LogP contribution in [0.3, 0.4) is 0 Å². The molecule has 0 aliphatic carbocycles. The molecular weight excluding hydrogens is 318 g/mol. The van der Waals surface area contributed by atoms with Crippen LogP contribution in [0.4, 0.5) is 5.69 Å². The van der Waals surface area contributed by atoms with Gasteiger partial charge in [-0.05, 0) is 31.5 Å². The van der Waals surface area contributed by atoms with Gasteiger partial charge in [0, 0.05) is 24.9 Å². The van der Waals surface area contributed by atoms with Crippen molar-refractivity contribution in [3.05, 3.63) is 35.7 Å². The number of methoxy groups -OCH3 is 1. The predicted octanol–water partition coefficient (Wildman–Crippen LogP) is 2.55. The molecule has 2 rings (SSSR count). The number of nitrogens with one attached hydrogen (secondary N) is 2. The molecule has 0 unspecified atom stereocenters. The Labute approximate surface area is 142 Å². The predicted molar refractivity (Wildman–Crippen MR) is 92.0 cm³/mol. The van der Waals surface area contributed by atoms with Crippen molar-refractivity contribution in [2.24, 2.45) is 0 Å². The fourth-order valence-corrected chi connectivity index (χ4v) is 1.95. The standard InChI is InChI=1S/C16H21N3O3.ClH/c1-11-4-5-13(16-18-12(2)10-22-16)8-14(11)19-15(20)9-17-6-7-21-3;/h4-5,8,10,17H,6-7,9H2,1-3H3,(H,19,20);1H. The van der Waals surface area contributed by atoms with Crippen LogP contribution in [0, 0.1) is 13.8 Å². The molecule has 2 aromatic rings. The Bertz CT molecular complexity index is 643. The summed E-state index contributed by atoms with van der Waals surface area (Å²) in [7, 11) is 1.63. The number of carbonyl (C=O) groups is 1. The van der Waals surface area contributed by atoms with E-state index >= 15 is 0 Å². The average molecular weight is 340 g/mol. The number of amides is 1. The van der Waals surface area contributed by atoms with E-state index in [1.807, 2.05) is 32.0 Å². The van der Waals surface area contributed by atoms with E-state index in [0.29, 0.717) is 19.0 Å². The van der Waals surface area contributed by atoms with E-state index in [1.54, 1.807) is 13.4 Å². The van der Waals surface area contributed by atoms with E-state index in [-0.39, 0.29) is 24.9 Å². The highest BCUT2D eigenvalue weighted by atomic mass is 35.5. The number of hydrogen-bond donors (Lipinski definition) is 2. The Morgan fingerprint density at radius 1 is 1.35 bits per heavy atom. The molecule has 7 heteroatoms. The second kappa shape index (κ2) is 9.29. The number of benzene rings is 1. The lowest BCUT2D eigenvalue weighted by Gasteiger charge is -2.10. The quantitative estimate of drug-likeness (QED) is 0.758. The molecule has 0 radical (unpaired) electrons. The van der Waals surface area contributed by atoms with Crippen LogP contribution >= 0.6 is 12.4 Å². The van der Waals surface area contributed by atoms with Gasteiger partial charge in [-0.3, -0.25) is 4.79 Å². The zero-order valence-corrected chi connectivity index (χ0v) is 14.3. The van der Waals surface area contributed by atoms with Crippen molar-refractivity contribution in [1.82, 2.24) is 10.3 Å². The first kappa shape index (κ1) is 19.2. The van der Waals surface area contributed by atoms with E-state index < -0.39 is 0 Å². The normalized spacial score (nSPS) is 10.2. The van der Waals surface area contributed by atoms with Crippen molar-refractivity contribution < 1.29 is 13.9 Å². The Hall–Kier alpha value is -1.89. The first-order valence-corrected chi connectivity index (χ1v) is 7.13. The fourth-order valence-electron chi connectivity index (χ4n) is 1.95. The topological polar surface area (TPSA) is 76.4 Å². The molecule has 0 spiro atoms. The lowest BCUT2D eigenvalue weighted by Crippen LogP contribution is -2.30. The summed E-state index contributed by atoms with van der Waals surface area (Å²) in [6.45, 7) is 5.27. The number of carbonyl (C=O) groups excluding carboxylic acids is 1. The third-order valence-corrected chi connectivity index (χ3v) is 3.15. The molecule has 6 nitrogen and oxygen atoms in total. The van der Waals surface area contributed by atoms with Crippen molar-refractivity contribution in [3.8, 4) is 11.5 Å². The highest BCUT2D eigenvalue weighted by Gasteiger charge is 2.09. The minimum atomic E-state index is -0.0973. The van der Waals surface area contributed by atoms with Gasteiger partial charge in [-0.25, -0.2) is 4.98 Å². The van der Waals surface area contributed by atoms with Gasteiger partial charge in [0.25, 0.3) is 0 Å². The fraction of sp³-hybridized carbons (Fsp3) is 0.375. The SMILES string of the molecule is COCCNCC(=O)Nc1cc(-c2nc(C)co2)ccc1C.Cl. The van der Waals surface area contributed by atoms with Gasteiger partial charge in [-0.1, -0.05) is 6.07 Å². The smallest absolute Gasteiger partial charge is 0.238 e. The maximum atomic E-state index is 11.9. The summed E-state index contributed by atoms with van der Waals surface area (Å²) in [5, 5.41) is 5.90. The lowest BCUT2D eigenvalue weighted by atomic mass is 10.1. The van der Waals surface area contributed by atoms with Gasteiger partial charge in [0.15, 0.2) is 0 Å². The van der Waals surface area contributed by atoms with Crippen LogP contribution in [-0.4, -0.2) is 37.7 Å². The van der Waals surface area contributed by atoms with Crippen LogP contribution in [0.2, 0.25) is 0 Å². The van der Waals surface area contributed by atoms with Gasteiger partial charge in [-0.15, -0.1) is 12.4 Å². The molecule has 0 bridgehead atoms. The van der Waals surface area contributed by atoms with E-state index in [0.717, 1.165) is 22.5 Å². The maximum Gasteiger partial charge on any atom is 0.238 e. The summed E-state index contributed by atoms with van der Waals surface area (Å²) in [5.74, 6) is 0.450. The van der Waals surface area contributed by atoms with Gasteiger partial charge in [0.1, 0.15) is 6.26 Å². The zero-order valence-electron chi connectivity index (χ0n) is 13.5. The second-order valence-corrected chi connectivity index (χ2v) is 5.04. The van der Waals surface area contributed by atoms with E-state index in [4.69, 9.17) is 9.15 Å². The van der Waals surface area contributed by atoms with Crippen LogP contribution in [-0.2, 0) is 9.53 Å². The van der Waals surface area contributed by atoms with Crippen molar-refractivity contribution >= 4 is 24.0 Å². The van der Waals surface area contributed by atoms with Gasteiger partial charge >= 0.3 is 0 Å². The summed E-state index contributed by atoms with van der Waals surface area (Å²) >= 11 is 0. The monoisotopic (exact) mass is 339 g/mol. The average Bonchev–Trinajstić information content (AvgIpc) is 2.92. The Balaban J connectivity index is 0.00000264. The van der Waals surface area contributed by atoms with Gasteiger partial charge < -0.3 is 19.8 Å². The lowest BCUT2D eigenvalue weighted by molar-refractivity contribution is -0.115. The van der Waals surface area contributed by atoms with Crippen LogP contribution < -0.4 is 10.6 Å². The number of rotatable bonds is 7. The molecule has 1 aromatic heterocycles. The van der Waals surface area contributed by atoms with Crippen molar-refractivity contribution in [3.63, 3.8) is 0 Å². The summed E-state index contributed by atoms with van der Waals surface area (Å²) in [5.41, 5.74) is 3.40. The molecule has 23 heavy (non-hydrogen) atoms. The zero-order chi connectivity index (χ0) is 15.9. The number of aromatic nitrogens is 1. The Morgan fingerprint density at radius 2 is 2.13 bits per heavy atom. The number of ether oxygens (including phenoxy) is 1. The molecule has 0 saturated heterocycles. The number of halogens is 1. The number of nitrogens with zero attached hydrogens (tertiary/aromatic N) is 1. The van der Waals surface area contributed by atoms with Gasteiger partial charge in [0.05, 0.1) is 18.8 Å². The number of hydrogen-bond acceptors (Lipinski definition) is 5. The first-order valence-electron chi connectivity index (χ1n) is 7.13. The summed E-state index contributed by atoms with van der Waals surface area (Å²) in [6.07, 6.45) is 1.60. The molecule has 126 valence electrons. The van der Waals surface area contributed by atoms with Crippen LogP contribution in [0.5, 0.6) is 0 Å². The highest BCUT2D eigenvalue weighted by molar-refractivity contribution is 5.93.